The molecule has 0 radical (unpaired) electrons. The topological polar surface area (TPSA) is 72.7 Å². The second kappa shape index (κ2) is 10.6. The van der Waals surface area contributed by atoms with Crippen molar-refractivity contribution >= 4 is 5.96 Å². The molecule has 1 heterocycles. The zero-order chi connectivity index (χ0) is 21.3. The van der Waals surface area contributed by atoms with E-state index in [-0.39, 0.29) is 11.6 Å². The minimum absolute atomic E-state index is 0.278. The Morgan fingerprint density at radius 3 is 2.70 bits per heavy atom. The Kier molecular flexibility index (Phi) is 7.63. The van der Waals surface area contributed by atoms with E-state index in [1.165, 1.54) is 7.11 Å². The first-order valence-electron chi connectivity index (χ1n) is 10.1. The van der Waals surface area contributed by atoms with Gasteiger partial charge >= 0.3 is 0 Å². The van der Waals surface area contributed by atoms with Gasteiger partial charge in [0, 0.05) is 39.3 Å². The number of methoxy groups -OCH3 is 1. The van der Waals surface area contributed by atoms with Gasteiger partial charge in [-0.1, -0.05) is 18.2 Å². The monoisotopic (exact) mass is 409 g/mol. The second-order valence-electron chi connectivity index (χ2n) is 7.40. The number of aliphatic imine (C=N–C) groups is 1. The predicted molar refractivity (Wildman–Crippen MR) is 116 cm³/mol. The first-order chi connectivity index (χ1) is 14.6. The molecule has 0 aromatic heterocycles. The van der Waals surface area contributed by atoms with Crippen molar-refractivity contribution in [1.29, 1.82) is 5.26 Å². The van der Waals surface area contributed by atoms with Gasteiger partial charge in [0.05, 0.1) is 18.7 Å². The van der Waals surface area contributed by atoms with Gasteiger partial charge in [0.15, 0.2) is 17.5 Å². The number of hydrogen-bond acceptors (Lipinski definition) is 4. The number of piperidine rings is 1. The van der Waals surface area contributed by atoms with Crippen molar-refractivity contribution in [3.63, 3.8) is 0 Å². The van der Waals surface area contributed by atoms with E-state index in [1.807, 2.05) is 24.3 Å². The molecule has 6 nitrogen and oxygen atoms in total. The quantitative estimate of drug-likeness (QED) is 0.567. The normalized spacial score (nSPS) is 15.5. The van der Waals surface area contributed by atoms with E-state index >= 15 is 0 Å². The number of halogens is 1. The Balaban J connectivity index is 1.45. The summed E-state index contributed by atoms with van der Waals surface area (Å²) in [5.74, 6) is 0.717. The van der Waals surface area contributed by atoms with Gasteiger partial charge in [-0.15, -0.1) is 0 Å². The maximum atomic E-state index is 13.9. The number of benzene rings is 2. The van der Waals surface area contributed by atoms with Crippen LogP contribution in [0.15, 0.2) is 47.5 Å². The van der Waals surface area contributed by atoms with Crippen molar-refractivity contribution < 1.29 is 9.13 Å². The molecule has 2 aromatic carbocycles. The summed E-state index contributed by atoms with van der Waals surface area (Å²) in [6, 6.07) is 15.2. The zero-order valence-electron chi connectivity index (χ0n) is 17.5. The fraction of sp³-hybridized carbons (Fsp3) is 0.391. The van der Waals surface area contributed by atoms with E-state index in [1.54, 1.807) is 25.2 Å². The van der Waals surface area contributed by atoms with Gasteiger partial charge in [-0.05, 0) is 48.2 Å². The number of nitriles is 1. The van der Waals surface area contributed by atoms with Crippen LogP contribution in [0, 0.1) is 17.1 Å². The summed E-state index contributed by atoms with van der Waals surface area (Å²) in [5.41, 5.74) is 2.65. The fourth-order valence-corrected chi connectivity index (χ4v) is 3.63. The maximum absolute atomic E-state index is 13.9. The summed E-state index contributed by atoms with van der Waals surface area (Å²) in [6.07, 6.45) is 1.98. The predicted octanol–water partition coefficient (Wildman–Crippen LogP) is 3.04. The van der Waals surface area contributed by atoms with Crippen molar-refractivity contribution in [3.05, 3.63) is 65.0 Å². The summed E-state index contributed by atoms with van der Waals surface area (Å²) in [4.78, 5) is 6.65. The summed E-state index contributed by atoms with van der Waals surface area (Å²) in [5, 5.41) is 15.8. The van der Waals surface area contributed by atoms with Gasteiger partial charge in [0.2, 0.25) is 0 Å². The van der Waals surface area contributed by atoms with Crippen molar-refractivity contribution in [2.45, 2.75) is 32.0 Å². The fourth-order valence-electron chi connectivity index (χ4n) is 3.63. The van der Waals surface area contributed by atoms with Crippen LogP contribution in [0.4, 0.5) is 4.39 Å². The number of nitrogens with one attached hydrogen (secondary N) is 2. The number of nitrogens with zero attached hydrogens (tertiary/aromatic N) is 3. The van der Waals surface area contributed by atoms with Gasteiger partial charge in [-0.3, -0.25) is 9.89 Å². The Hall–Kier alpha value is -3.11. The number of hydrogen-bond donors (Lipinski definition) is 2. The molecule has 2 N–H and O–H groups in total. The summed E-state index contributed by atoms with van der Waals surface area (Å²) < 4.78 is 18.9. The molecule has 2 aromatic rings. The molecule has 0 spiro atoms. The number of guanidine groups is 1. The molecular weight excluding hydrogens is 381 g/mol. The molecule has 1 saturated heterocycles. The highest BCUT2D eigenvalue weighted by Gasteiger charge is 2.20. The zero-order valence-corrected chi connectivity index (χ0v) is 17.5. The Morgan fingerprint density at radius 1 is 1.23 bits per heavy atom. The third-order valence-corrected chi connectivity index (χ3v) is 5.29. The van der Waals surface area contributed by atoms with Crippen molar-refractivity contribution in [1.82, 2.24) is 15.5 Å². The van der Waals surface area contributed by atoms with Crippen molar-refractivity contribution in [2.24, 2.45) is 4.99 Å². The van der Waals surface area contributed by atoms with Gasteiger partial charge < -0.3 is 15.4 Å². The van der Waals surface area contributed by atoms with Crippen LogP contribution in [-0.2, 0) is 13.1 Å². The van der Waals surface area contributed by atoms with E-state index in [0.29, 0.717) is 18.2 Å². The molecule has 7 heteroatoms. The Labute approximate surface area is 177 Å². The lowest BCUT2D eigenvalue weighted by Crippen LogP contribution is -2.48. The van der Waals surface area contributed by atoms with Crippen LogP contribution in [0.2, 0.25) is 0 Å². The average molecular weight is 410 g/mol. The van der Waals surface area contributed by atoms with E-state index in [9.17, 15) is 4.39 Å². The molecule has 1 aliphatic heterocycles. The van der Waals surface area contributed by atoms with Crippen molar-refractivity contribution in [3.8, 4) is 11.8 Å². The Morgan fingerprint density at radius 2 is 2.03 bits per heavy atom. The largest absolute Gasteiger partial charge is 0.494 e. The summed E-state index contributed by atoms with van der Waals surface area (Å²) in [7, 11) is 3.23. The highest BCUT2D eigenvalue weighted by atomic mass is 19.1. The smallest absolute Gasteiger partial charge is 0.191 e. The molecule has 30 heavy (non-hydrogen) atoms. The molecule has 0 amide bonds. The van der Waals surface area contributed by atoms with Crippen LogP contribution in [0.5, 0.6) is 5.75 Å². The van der Waals surface area contributed by atoms with Crippen molar-refractivity contribution in [2.75, 3.05) is 27.2 Å². The first-order valence-corrected chi connectivity index (χ1v) is 10.1. The van der Waals surface area contributed by atoms with Crippen LogP contribution >= 0.6 is 0 Å². The molecular formula is C23H28FN5O. The SMILES string of the molecule is CN=C(NCc1cccc(C#N)c1)NC1CCN(Cc2ccc(OC)c(F)c2)CC1. The van der Waals surface area contributed by atoms with E-state index in [4.69, 9.17) is 10.00 Å². The Bertz CT molecular complexity index is 916. The molecule has 0 unspecified atom stereocenters. The molecule has 3 rings (SSSR count). The minimum Gasteiger partial charge on any atom is -0.494 e. The van der Waals surface area contributed by atoms with Gasteiger partial charge in [0.1, 0.15) is 0 Å². The lowest BCUT2D eigenvalue weighted by molar-refractivity contribution is 0.198. The average Bonchev–Trinajstić information content (AvgIpc) is 2.78. The van der Waals surface area contributed by atoms with Gasteiger partial charge in [-0.2, -0.15) is 5.26 Å². The summed E-state index contributed by atoms with van der Waals surface area (Å²) >= 11 is 0. The maximum Gasteiger partial charge on any atom is 0.191 e. The van der Waals surface area contributed by atoms with Crippen LogP contribution < -0.4 is 15.4 Å². The van der Waals surface area contributed by atoms with Gasteiger partial charge in [-0.25, -0.2) is 4.39 Å². The lowest BCUT2D eigenvalue weighted by atomic mass is 10.0. The molecule has 0 atom stereocenters. The number of likely N-dealkylation sites (tertiary alicyclic amines) is 1. The van der Waals surface area contributed by atoms with Crippen LogP contribution in [0.25, 0.3) is 0 Å². The first kappa shape index (κ1) is 21.6. The van der Waals surface area contributed by atoms with Crippen LogP contribution in [0.1, 0.15) is 29.5 Å². The lowest BCUT2D eigenvalue weighted by Gasteiger charge is -2.33. The molecule has 1 aliphatic rings. The third kappa shape index (κ3) is 5.94. The standard InChI is InChI=1S/C23H28FN5O/c1-26-23(27-15-18-5-3-4-17(12-18)14-25)28-20-8-10-29(11-9-20)16-19-6-7-22(30-2)21(24)13-19/h3-7,12-13,20H,8-11,15-16H2,1-2H3,(H2,26,27,28). The van der Waals surface area contributed by atoms with Crippen LogP contribution in [-0.4, -0.2) is 44.1 Å². The molecule has 0 bridgehead atoms. The van der Waals surface area contributed by atoms with E-state index in [0.717, 1.165) is 49.6 Å². The highest BCUT2D eigenvalue weighted by Crippen LogP contribution is 2.20. The number of ether oxygens (including phenoxy) is 1. The minimum atomic E-state index is -0.318. The summed E-state index contributed by atoms with van der Waals surface area (Å²) in [6.45, 7) is 3.21. The van der Waals surface area contributed by atoms with Gasteiger partial charge in [0.25, 0.3) is 0 Å². The van der Waals surface area contributed by atoms with E-state index < -0.39 is 0 Å². The molecule has 158 valence electrons. The molecule has 0 aliphatic carbocycles. The highest BCUT2D eigenvalue weighted by molar-refractivity contribution is 5.79. The second-order valence-corrected chi connectivity index (χ2v) is 7.40. The van der Waals surface area contributed by atoms with E-state index in [2.05, 4.69) is 26.6 Å². The molecule has 0 saturated carbocycles. The third-order valence-electron chi connectivity index (χ3n) is 5.29. The number of rotatable bonds is 6. The molecule has 1 fully saturated rings. The van der Waals surface area contributed by atoms with Crippen LogP contribution in [0.3, 0.4) is 0 Å².